The minimum Gasteiger partial charge on any atom is -0.361 e. The molecule has 146 valence electrons. The average Bonchev–Trinajstić information content (AvgIpc) is 3.40. The number of fused-ring (bicyclic) bond motifs is 1. The summed E-state index contributed by atoms with van der Waals surface area (Å²) in [5.74, 6) is 4.03. The van der Waals surface area contributed by atoms with Gasteiger partial charge in [-0.2, -0.15) is 5.10 Å². The molecule has 2 saturated heterocycles. The summed E-state index contributed by atoms with van der Waals surface area (Å²) >= 11 is 0. The summed E-state index contributed by atoms with van der Waals surface area (Å²) in [5.41, 5.74) is 3.11. The Balaban J connectivity index is 1.27. The van der Waals surface area contributed by atoms with Crippen molar-refractivity contribution in [3.8, 4) is 5.82 Å². The SMILES string of the molecule is Cc1cc(C)n(-c2cc(N3CC4CN(Cc5cc(C)on5)CC4C3)ncn2)n1. The van der Waals surface area contributed by atoms with E-state index in [1.165, 1.54) is 0 Å². The Morgan fingerprint density at radius 1 is 0.964 bits per heavy atom. The van der Waals surface area contributed by atoms with Crippen LogP contribution in [-0.2, 0) is 6.54 Å². The van der Waals surface area contributed by atoms with Gasteiger partial charge in [-0.3, -0.25) is 4.90 Å². The fourth-order valence-corrected chi connectivity index (χ4v) is 4.61. The summed E-state index contributed by atoms with van der Waals surface area (Å²) in [6.45, 7) is 11.1. The molecular formula is C20H25N7O. The van der Waals surface area contributed by atoms with E-state index in [9.17, 15) is 0 Å². The number of hydrogen-bond donors (Lipinski definition) is 0. The van der Waals surface area contributed by atoms with Crippen LogP contribution in [0.4, 0.5) is 5.82 Å². The van der Waals surface area contributed by atoms with Gasteiger partial charge in [0.05, 0.1) is 11.4 Å². The highest BCUT2D eigenvalue weighted by atomic mass is 16.5. The van der Waals surface area contributed by atoms with Gasteiger partial charge >= 0.3 is 0 Å². The number of aryl methyl sites for hydroxylation is 3. The first-order valence-corrected chi connectivity index (χ1v) is 9.80. The second kappa shape index (κ2) is 6.70. The fourth-order valence-electron chi connectivity index (χ4n) is 4.61. The molecule has 0 amide bonds. The Bertz CT molecular complexity index is 980. The molecule has 0 bridgehead atoms. The zero-order chi connectivity index (χ0) is 19.3. The third-order valence-electron chi connectivity index (χ3n) is 5.81. The van der Waals surface area contributed by atoms with Crippen LogP contribution in [0.1, 0.15) is 22.8 Å². The van der Waals surface area contributed by atoms with Gasteiger partial charge in [0.15, 0.2) is 5.82 Å². The monoisotopic (exact) mass is 379 g/mol. The molecule has 0 saturated carbocycles. The summed E-state index contributed by atoms with van der Waals surface area (Å²) < 4.78 is 7.08. The number of likely N-dealkylation sites (tertiary alicyclic amines) is 1. The Kier molecular flexibility index (Phi) is 4.16. The van der Waals surface area contributed by atoms with Gasteiger partial charge in [-0.1, -0.05) is 5.16 Å². The highest BCUT2D eigenvalue weighted by Crippen LogP contribution is 2.34. The molecule has 8 heteroatoms. The first-order valence-electron chi connectivity index (χ1n) is 9.80. The largest absolute Gasteiger partial charge is 0.361 e. The normalized spacial score (nSPS) is 22.2. The number of hydrogen-bond acceptors (Lipinski definition) is 7. The second-order valence-electron chi connectivity index (χ2n) is 8.12. The van der Waals surface area contributed by atoms with Crippen molar-refractivity contribution in [1.29, 1.82) is 0 Å². The Morgan fingerprint density at radius 2 is 1.71 bits per heavy atom. The van der Waals surface area contributed by atoms with Crippen LogP contribution in [0.15, 0.2) is 29.0 Å². The highest BCUT2D eigenvalue weighted by Gasteiger charge is 2.40. The van der Waals surface area contributed by atoms with E-state index in [0.29, 0.717) is 11.8 Å². The van der Waals surface area contributed by atoms with E-state index in [0.717, 1.165) is 67.2 Å². The van der Waals surface area contributed by atoms with Crippen molar-refractivity contribution < 1.29 is 4.52 Å². The maximum atomic E-state index is 5.20. The minimum absolute atomic E-state index is 0.667. The van der Waals surface area contributed by atoms with Crippen molar-refractivity contribution in [2.45, 2.75) is 27.3 Å². The van der Waals surface area contributed by atoms with E-state index in [4.69, 9.17) is 4.52 Å². The number of nitrogens with zero attached hydrogens (tertiary/aromatic N) is 7. The van der Waals surface area contributed by atoms with Crippen LogP contribution >= 0.6 is 0 Å². The van der Waals surface area contributed by atoms with E-state index >= 15 is 0 Å². The van der Waals surface area contributed by atoms with Gasteiger partial charge in [0.1, 0.15) is 17.9 Å². The molecule has 0 aliphatic carbocycles. The third-order valence-corrected chi connectivity index (χ3v) is 5.81. The molecular weight excluding hydrogens is 354 g/mol. The third kappa shape index (κ3) is 3.17. The van der Waals surface area contributed by atoms with Crippen LogP contribution in [0.3, 0.4) is 0 Å². The second-order valence-corrected chi connectivity index (χ2v) is 8.12. The molecule has 0 radical (unpaired) electrons. The van der Waals surface area contributed by atoms with Crippen LogP contribution < -0.4 is 4.90 Å². The molecule has 2 fully saturated rings. The van der Waals surface area contributed by atoms with Gasteiger partial charge in [-0.25, -0.2) is 14.6 Å². The van der Waals surface area contributed by atoms with Gasteiger partial charge in [0.25, 0.3) is 0 Å². The zero-order valence-corrected chi connectivity index (χ0v) is 16.5. The van der Waals surface area contributed by atoms with Crippen LogP contribution in [0.25, 0.3) is 5.82 Å². The number of anilines is 1. The molecule has 0 N–H and O–H groups in total. The molecule has 5 rings (SSSR count). The topological polar surface area (TPSA) is 76.1 Å². The lowest BCUT2D eigenvalue weighted by Gasteiger charge is -2.22. The zero-order valence-electron chi connectivity index (χ0n) is 16.5. The molecule has 2 atom stereocenters. The minimum atomic E-state index is 0.667. The summed E-state index contributed by atoms with van der Waals surface area (Å²) in [6.07, 6.45) is 1.65. The average molecular weight is 379 g/mol. The quantitative estimate of drug-likeness (QED) is 0.687. The molecule has 8 nitrogen and oxygen atoms in total. The first-order chi connectivity index (χ1) is 13.5. The lowest BCUT2D eigenvalue weighted by molar-refractivity contribution is 0.294. The lowest BCUT2D eigenvalue weighted by Crippen LogP contribution is -2.29. The lowest BCUT2D eigenvalue weighted by atomic mass is 10.0. The van der Waals surface area contributed by atoms with E-state index in [1.807, 2.05) is 31.5 Å². The molecule has 0 spiro atoms. The van der Waals surface area contributed by atoms with Crippen LogP contribution in [0.2, 0.25) is 0 Å². The summed E-state index contributed by atoms with van der Waals surface area (Å²) in [5, 5.41) is 8.68. The summed E-state index contributed by atoms with van der Waals surface area (Å²) in [7, 11) is 0. The maximum absolute atomic E-state index is 5.20. The molecule has 5 heterocycles. The van der Waals surface area contributed by atoms with Gasteiger partial charge in [0, 0.05) is 50.6 Å². The molecule has 3 aromatic heterocycles. The van der Waals surface area contributed by atoms with Gasteiger partial charge in [-0.15, -0.1) is 0 Å². The standard InChI is InChI=1S/C20H25N7O/c1-13-4-14(2)27(23-13)20-6-19(21-12-22-20)26-9-16-7-25(8-17(16)10-26)11-18-5-15(3)28-24-18/h4-6,12,16-17H,7-11H2,1-3H3. The van der Waals surface area contributed by atoms with Gasteiger partial charge in [-0.05, 0) is 38.7 Å². The number of rotatable bonds is 4. The van der Waals surface area contributed by atoms with Crippen LogP contribution in [0, 0.1) is 32.6 Å². The van der Waals surface area contributed by atoms with Gasteiger partial charge < -0.3 is 9.42 Å². The van der Waals surface area contributed by atoms with E-state index < -0.39 is 0 Å². The highest BCUT2D eigenvalue weighted by molar-refractivity contribution is 5.45. The van der Waals surface area contributed by atoms with Crippen molar-refractivity contribution in [3.63, 3.8) is 0 Å². The molecule has 2 aliphatic heterocycles. The van der Waals surface area contributed by atoms with Crippen molar-refractivity contribution in [2.24, 2.45) is 11.8 Å². The van der Waals surface area contributed by atoms with Crippen LogP contribution in [-0.4, -0.2) is 56.0 Å². The molecule has 0 aromatic carbocycles. The molecule has 28 heavy (non-hydrogen) atoms. The van der Waals surface area contributed by atoms with Gasteiger partial charge in [0.2, 0.25) is 0 Å². The van der Waals surface area contributed by atoms with E-state index in [2.05, 4.69) is 42.2 Å². The smallest absolute Gasteiger partial charge is 0.159 e. The predicted molar refractivity (Wildman–Crippen MR) is 104 cm³/mol. The fraction of sp³-hybridized carbons (Fsp3) is 0.500. The van der Waals surface area contributed by atoms with Crippen molar-refractivity contribution in [1.82, 2.24) is 29.8 Å². The summed E-state index contributed by atoms with van der Waals surface area (Å²) in [4.78, 5) is 13.8. The Morgan fingerprint density at radius 3 is 2.36 bits per heavy atom. The molecule has 2 aliphatic rings. The van der Waals surface area contributed by atoms with Crippen molar-refractivity contribution in [3.05, 3.63) is 47.4 Å². The molecule has 3 aromatic rings. The van der Waals surface area contributed by atoms with E-state index in [1.54, 1.807) is 6.33 Å². The maximum Gasteiger partial charge on any atom is 0.159 e. The van der Waals surface area contributed by atoms with Crippen molar-refractivity contribution in [2.75, 3.05) is 31.1 Å². The number of aromatic nitrogens is 5. The van der Waals surface area contributed by atoms with E-state index in [-0.39, 0.29) is 0 Å². The van der Waals surface area contributed by atoms with Crippen molar-refractivity contribution >= 4 is 5.82 Å². The first kappa shape index (κ1) is 17.4. The molecule has 2 unspecified atom stereocenters. The summed E-state index contributed by atoms with van der Waals surface area (Å²) in [6, 6.07) is 6.14. The Hall–Kier alpha value is -2.74. The predicted octanol–water partition coefficient (Wildman–Crippen LogP) is 2.14. The van der Waals surface area contributed by atoms with Crippen LogP contribution in [0.5, 0.6) is 0 Å². The Labute approximate surface area is 164 Å².